The summed E-state index contributed by atoms with van der Waals surface area (Å²) in [6.45, 7) is 0. The lowest BCUT2D eigenvalue weighted by Gasteiger charge is -2.18. The zero-order valence-electron chi connectivity index (χ0n) is 17.1. The lowest BCUT2D eigenvalue weighted by atomic mass is 9.88. The molecule has 0 aromatic heterocycles. The SMILES string of the molecule is Brc1ccc2c(-c3ccc4ccccc4c3)c3ccccc3c(Br)c2c1-c1ccccc1. The van der Waals surface area contributed by atoms with Crippen LogP contribution in [0.2, 0.25) is 0 Å². The molecular weight excluding hydrogens is 520 g/mol. The summed E-state index contributed by atoms with van der Waals surface area (Å²) in [5, 5.41) is 7.46. The molecule has 0 aliphatic carbocycles. The van der Waals surface area contributed by atoms with Gasteiger partial charge in [-0.15, -0.1) is 0 Å². The molecule has 0 atom stereocenters. The molecule has 152 valence electrons. The highest BCUT2D eigenvalue weighted by molar-refractivity contribution is 9.11. The van der Waals surface area contributed by atoms with Crippen LogP contribution in [-0.4, -0.2) is 0 Å². The van der Waals surface area contributed by atoms with Crippen molar-refractivity contribution < 1.29 is 0 Å². The molecule has 0 saturated carbocycles. The normalized spacial score (nSPS) is 11.4. The lowest BCUT2D eigenvalue weighted by Crippen LogP contribution is -1.91. The molecule has 0 amide bonds. The van der Waals surface area contributed by atoms with Gasteiger partial charge in [0.1, 0.15) is 0 Å². The predicted octanol–water partition coefficient (Wildman–Crippen LogP) is 10.0. The summed E-state index contributed by atoms with van der Waals surface area (Å²) in [6, 6.07) is 39.1. The second-order valence-corrected chi connectivity index (χ2v) is 9.65. The van der Waals surface area contributed by atoms with Gasteiger partial charge < -0.3 is 0 Å². The van der Waals surface area contributed by atoms with Gasteiger partial charge >= 0.3 is 0 Å². The predicted molar refractivity (Wildman–Crippen MR) is 145 cm³/mol. The molecule has 6 aromatic carbocycles. The maximum Gasteiger partial charge on any atom is 0.0339 e. The molecule has 0 spiro atoms. The minimum Gasteiger partial charge on any atom is -0.0622 e. The quantitative estimate of drug-likeness (QED) is 0.193. The van der Waals surface area contributed by atoms with E-state index >= 15 is 0 Å². The number of rotatable bonds is 2. The van der Waals surface area contributed by atoms with Gasteiger partial charge in [-0.3, -0.25) is 0 Å². The summed E-state index contributed by atoms with van der Waals surface area (Å²) in [4.78, 5) is 0. The molecule has 0 aliphatic rings. The lowest BCUT2D eigenvalue weighted by molar-refractivity contribution is 1.62. The van der Waals surface area contributed by atoms with Crippen molar-refractivity contribution in [1.82, 2.24) is 0 Å². The zero-order valence-corrected chi connectivity index (χ0v) is 20.3. The highest BCUT2D eigenvalue weighted by Crippen LogP contribution is 2.47. The van der Waals surface area contributed by atoms with Crippen LogP contribution < -0.4 is 0 Å². The molecule has 0 nitrogen and oxygen atoms in total. The molecule has 32 heavy (non-hydrogen) atoms. The average molecular weight is 538 g/mol. The first-order valence-electron chi connectivity index (χ1n) is 10.6. The maximum atomic E-state index is 3.99. The standard InChI is InChI=1S/C30H18Br2/c31-26-17-16-25-27(22-15-14-19-8-4-5-11-21(19)18-22)23-12-6-7-13-24(23)30(32)29(25)28(26)20-9-2-1-3-10-20/h1-18H. The van der Waals surface area contributed by atoms with Crippen LogP contribution in [0.25, 0.3) is 54.6 Å². The second-order valence-electron chi connectivity index (χ2n) is 8.01. The number of halogens is 2. The third-order valence-electron chi connectivity index (χ3n) is 6.18. The molecule has 0 bridgehead atoms. The van der Waals surface area contributed by atoms with Gasteiger partial charge in [-0.05, 0) is 71.7 Å². The third-order valence-corrected chi connectivity index (χ3v) is 7.66. The summed E-state index contributed by atoms with van der Waals surface area (Å²) in [6.07, 6.45) is 0. The van der Waals surface area contributed by atoms with E-state index in [0.717, 1.165) is 8.95 Å². The van der Waals surface area contributed by atoms with Gasteiger partial charge in [0.2, 0.25) is 0 Å². The number of benzene rings is 6. The molecule has 0 aliphatic heterocycles. The largest absolute Gasteiger partial charge is 0.0622 e. The van der Waals surface area contributed by atoms with Crippen molar-refractivity contribution in [2.45, 2.75) is 0 Å². The highest BCUT2D eigenvalue weighted by Gasteiger charge is 2.19. The van der Waals surface area contributed by atoms with Crippen molar-refractivity contribution in [3.05, 3.63) is 118 Å². The Morgan fingerprint density at radius 1 is 0.438 bits per heavy atom. The van der Waals surface area contributed by atoms with Gasteiger partial charge in [0, 0.05) is 19.9 Å². The van der Waals surface area contributed by atoms with Crippen LogP contribution in [-0.2, 0) is 0 Å². The van der Waals surface area contributed by atoms with Crippen molar-refractivity contribution in [1.29, 1.82) is 0 Å². The Kier molecular flexibility index (Phi) is 4.86. The van der Waals surface area contributed by atoms with E-state index in [1.165, 1.54) is 54.6 Å². The van der Waals surface area contributed by atoms with Crippen molar-refractivity contribution >= 4 is 64.2 Å². The first-order valence-corrected chi connectivity index (χ1v) is 12.2. The van der Waals surface area contributed by atoms with Crippen LogP contribution in [0.15, 0.2) is 118 Å². The summed E-state index contributed by atoms with van der Waals surface area (Å²) < 4.78 is 2.23. The third kappa shape index (κ3) is 3.09. The van der Waals surface area contributed by atoms with Gasteiger partial charge in [0.05, 0.1) is 0 Å². The fourth-order valence-electron chi connectivity index (χ4n) is 4.73. The fourth-order valence-corrected chi connectivity index (χ4v) is 6.05. The van der Waals surface area contributed by atoms with Crippen LogP contribution in [0.3, 0.4) is 0 Å². The molecule has 0 N–H and O–H groups in total. The Morgan fingerprint density at radius 3 is 1.94 bits per heavy atom. The van der Waals surface area contributed by atoms with Crippen molar-refractivity contribution in [3.8, 4) is 22.3 Å². The minimum absolute atomic E-state index is 1.09. The van der Waals surface area contributed by atoms with Crippen LogP contribution in [0.1, 0.15) is 0 Å². The molecule has 0 fully saturated rings. The molecule has 0 radical (unpaired) electrons. The highest BCUT2D eigenvalue weighted by atomic mass is 79.9. The van der Waals surface area contributed by atoms with E-state index in [4.69, 9.17) is 0 Å². The number of hydrogen-bond donors (Lipinski definition) is 0. The van der Waals surface area contributed by atoms with Gasteiger partial charge in [0.25, 0.3) is 0 Å². The fraction of sp³-hybridized carbons (Fsp3) is 0. The molecular formula is C30H18Br2. The number of fused-ring (bicyclic) bond motifs is 3. The molecule has 6 aromatic rings. The monoisotopic (exact) mass is 536 g/mol. The van der Waals surface area contributed by atoms with Gasteiger partial charge in [-0.25, -0.2) is 0 Å². The summed E-state index contributed by atoms with van der Waals surface area (Å²) in [7, 11) is 0. The smallest absolute Gasteiger partial charge is 0.0339 e. The first kappa shape index (κ1) is 19.7. The van der Waals surface area contributed by atoms with E-state index < -0.39 is 0 Å². The molecule has 0 heterocycles. The topological polar surface area (TPSA) is 0 Å². The second kappa shape index (κ2) is 7.88. The van der Waals surface area contributed by atoms with E-state index in [-0.39, 0.29) is 0 Å². The van der Waals surface area contributed by atoms with Crippen LogP contribution >= 0.6 is 31.9 Å². The summed E-state index contributed by atoms with van der Waals surface area (Å²) in [5.74, 6) is 0. The van der Waals surface area contributed by atoms with E-state index in [1.807, 2.05) is 0 Å². The van der Waals surface area contributed by atoms with Crippen LogP contribution in [0, 0.1) is 0 Å². The minimum atomic E-state index is 1.09. The van der Waals surface area contributed by atoms with E-state index in [0.29, 0.717) is 0 Å². The Morgan fingerprint density at radius 2 is 1.12 bits per heavy atom. The van der Waals surface area contributed by atoms with Crippen molar-refractivity contribution in [2.75, 3.05) is 0 Å². The van der Waals surface area contributed by atoms with Gasteiger partial charge in [0.15, 0.2) is 0 Å². The van der Waals surface area contributed by atoms with Gasteiger partial charge in [-0.2, -0.15) is 0 Å². The Labute approximate surface area is 203 Å². The first-order chi connectivity index (χ1) is 15.7. The van der Waals surface area contributed by atoms with Crippen LogP contribution in [0.4, 0.5) is 0 Å². The maximum absolute atomic E-state index is 3.99. The van der Waals surface area contributed by atoms with E-state index in [2.05, 4.69) is 141 Å². The van der Waals surface area contributed by atoms with E-state index in [9.17, 15) is 0 Å². The Balaban J connectivity index is 1.81. The van der Waals surface area contributed by atoms with Crippen LogP contribution in [0.5, 0.6) is 0 Å². The molecule has 6 rings (SSSR count). The molecule has 0 saturated heterocycles. The van der Waals surface area contributed by atoms with Crippen molar-refractivity contribution in [2.24, 2.45) is 0 Å². The molecule has 0 unspecified atom stereocenters. The van der Waals surface area contributed by atoms with Crippen molar-refractivity contribution in [3.63, 3.8) is 0 Å². The van der Waals surface area contributed by atoms with Gasteiger partial charge in [-0.1, -0.05) is 113 Å². The summed E-state index contributed by atoms with van der Waals surface area (Å²) in [5.41, 5.74) is 4.92. The zero-order chi connectivity index (χ0) is 21.7. The Bertz CT molecular complexity index is 1630. The van der Waals surface area contributed by atoms with E-state index in [1.54, 1.807) is 0 Å². The summed E-state index contributed by atoms with van der Waals surface area (Å²) >= 11 is 7.84. The number of hydrogen-bond acceptors (Lipinski definition) is 0. The average Bonchev–Trinajstić information content (AvgIpc) is 2.85. The Hall–Kier alpha value is -2.94. The molecule has 2 heteroatoms.